The van der Waals surface area contributed by atoms with E-state index >= 15 is 0 Å². The van der Waals surface area contributed by atoms with Crippen LogP contribution in [-0.4, -0.2) is 30.5 Å². The molecule has 2 fully saturated rings. The number of aliphatic imine (C=N–C) groups is 1. The molecule has 0 radical (unpaired) electrons. The highest BCUT2D eigenvalue weighted by Gasteiger charge is 2.16. The van der Waals surface area contributed by atoms with E-state index in [9.17, 15) is 4.79 Å². The van der Waals surface area contributed by atoms with Crippen LogP contribution in [0.3, 0.4) is 0 Å². The van der Waals surface area contributed by atoms with Gasteiger partial charge in [-0.3, -0.25) is 9.79 Å². The van der Waals surface area contributed by atoms with Crippen molar-refractivity contribution in [1.82, 2.24) is 10.6 Å². The van der Waals surface area contributed by atoms with Gasteiger partial charge >= 0.3 is 0 Å². The van der Waals surface area contributed by atoms with Crippen LogP contribution >= 0.6 is 24.0 Å². The number of nitrogens with two attached hydrogens (primary N) is 1. The maximum atomic E-state index is 11.7. The smallest absolute Gasteiger partial charge is 0.222 e. The van der Waals surface area contributed by atoms with Gasteiger partial charge < -0.3 is 16.4 Å². The first-order valence-electron chi connectivity index (χ1n) is 8.10. The third-order valence-corrected chi connectivity index (χ3v) is 4.30. The summed E-state index contributed by atoms with van der Waals surface area (Å²) in [5, 5.41) is 6.33. The lowest BCUT2D eigenvalue weighted by Gasteiger charge is -2.23. The average Bonchev–Trinajstić information content (AvgIpc) is 2.92. The summed E-state index contributed by atoms with van der Waals surface area (Å²) in [6, 6.07) is 0.865. The number of nitrogens with one attached hydrogen (secondary N) is 2. The third-order valence-electron chi connectivity index (χ3n) is 4.30. The van der Waals surface area contributed by atoms with E-state index in [4.69, 9.17) is 5.73 Å². The Labute approximate surface area is 144 Å². The molecule has 0 unspecified atom stereocenters. The quantitative estimate of drug-likeness (QED) is 0.371. The molecule has 0 atom stereocenters. The zero-order valence-electron chi connectivity index (χ0n) is 12.8. The van der Waals surface area contributed by atoms with Crippen LogP contribution < -0.4 is 16.4 Å². The highest BCUT2D eigenvalue weighted by Crippen LogP contribution is 2.18. The molecule has 122 valence electrons. The Morgan fingerprint density at radius 3 is 2.10 bits per heavy atom. The van der Waals surface area contributed by atoms with Gasteiger partial charge in [0.25, 0.3) is 0 Å². The SMILES string of the molecule is I.NC(=NCCC(=O)NC1CCCC1)NC1CCCCC1. The summed E-state index contributed by atoms with van der Waals surface area (Å²) in [4.78, 5) is 16.0. The summed E-state index contributed by atoms with van der Waals surface area (Å²) in [6.07, 6.45) is 11.4. The second-order valence-corrected chi connectivity index (χ2v) is 6.05. The van der Waals surface area contributed by atoms with E-state index in [1.165, 1.54) is 44.9 Å². The molecular weight excluding hydrogens is 379 g/mol. The summed E-state index contributed by atoms with van der Waals surface area (Å²) in [6.45, 7) is 0.476. The number of halogens is 1. The topological polar surface area (TPSA) is 79.5 Å². The molecule has 1 amide bonds. The van der Waals surface area contributed by atoms with Gasteiger partial charge in [0.2, 0.25) is 5.91 Å². The van der Waals surface area contributed by atoms with Crippen LogP contribution in [0.2, 0.25) is 0 Å². The maximum Gasteiger partial charge on any atom is 0.222 e. The molecule has 0 aromatic carbocycles. The van der Waals surface area contributed by atoms with Gasteiger partial charge in [0.1, 0.15) is 0 Å². The third kappa shape index (κ3) is 7.33. The first-order valence-corrected chi connectivity index (χ1v) is 8.10. The summed E-state index contributed by atoms with van der Waals surface area (Å²) in [7, 11) is 0. The summed E-state index contributed by atoms with van der Waals surface area (Å²) < 4.78 is 0. The minimum Gasteiger partial charge on any atom is -0.370 e. The molecule has 0 heterocycles. The molecule has 2 aliphatic rings. The maximum absolute atomic E-state index is 11.7. The molecule has 4 N–H and O–H groups in total. The van der Waals surface area contributed by atoms with Crippen LogP contribution in [0.15, 0.2) is 4.99 Å². The van der Waals surface area contributed by atoms with Crippen molar-refractivity contribution in [3.05, 3.63) is 0 Å². The number of carbonyl (C=O) groups is 1. The number of amides is 1. The van der Waals surface area contributed by atoms with Crippen molar-refractivity contribution in [3.8, 4) is 0 Å². The lowest BCUT2D eigenvalue weighted by atomic mass is 9.96. The Bertz CT molecular complexity index is 337. The fraction of sp³-hybridized carbons (Fsp3) is 0.867. The highest BCUT2D eigenvalue weighted by atomic mass is 127. The van der Waals surface area contributed by atoms with E-state index in [0.29, 0.717) is 31.0 Å². The van der Waals surface area contributed by atoms with E-state index in [2.05, 4.69) is 15.6 Å². The fourth-order valence-electron chi connectivity index (χ4n) is 3.15. The predicted molar refractivity (Wildman–Crippen MR) is 96.9 cm³/mol. The van der Waals surface area contributed by atoms with Gasteiger partial charge in [-0.2, -0.15) is 0 Å². The number of hydrogen-bond acceptors (Lipinski definition) is 2. The van der Waals surface area contributed by atoms with Gasteiger partial charge in [-0.1, -0.05) is 32.1 Å². The van der Waals surface area contributed by atoms with Crippen LogP contribution in [0.4, 0.5) is 0 Å². The minimum absolute atomic E-state index is 0. The van der Waals surface area contributed by atoms with Gasteiger partial charge in [-0.05, 0) is 25.7 Å². The molecule has 2 saturated carbocycles. The van der Waals surface area contributed by atoms with Crippen LogP contribution in [0.25, 0.3) is 0 Å². The van der Waals surface area contributed by atoms with Gasteiger partial charge in [-0.25, -0.2) is 0 Å². The summed E-state index contributed by atoms with van der Waals surface area (Å²) >= 11 is 0. The van der Waals surface area contributed by atoms with Gasteiger partial charge in [0.05, 0.1) is 6.54 Å². The minimum atomic E-state index is 0. The van der Waals surface area contributed by atoms with E-state index in [1.54, 1.807) is 0 Å². The van der Waals surface area contributed by atoms with Crippen molar-refractivity contribution in [2.24, 2.45) is 10.7 Å². The molecular formula is C15H29IN4O. The van der Waals surface area contributed by atoms with Crippen LogP contribution in [-0.2, 0) is 4.79 Å². The molecule has 5 nitrogen and oxygen atoms in total. The van der Waals surface area contributed by atoms with Crippen molar-refractivity contribution in [2.75, 3.05) is 6.54 Å². The summed E-state index contributed by atoms with van der Waals surface area (Å²) in [5.74, 6) is 0.594. The second-order valence-electron chi connectivity index (χ2n) is 6.05. The molecule has 21 heavy (non-hydrogen) atoms. The predicted octanol–water partition coefficient (Wildman–Crippen LogP) is 2.29. The lowest BCUT2D eigenvalue weighted by molar-refractivity contribution is -0.121. The van der Waals surface area contributed by atoms with Crippen molar-refractivity contribution < 1.29 is 4.79 Å². The van der Waals surface area contributed by atoms with E-state index in [-0.39, 0.29) is 29.9 Å². The zero-order valence-corrected chi connectivity index (χ0v) is 15.1. The molecule has 2 aliphatic carbocycles. The van der Waals surface area contributed by atoms with Gasteiger partial charge in [0, 0.05) is 18.5 Å². The number of guanidine groups is 1. The number of nitrogens with zero attached hydrogens (tertiary/aromatic N) is 1. The highest BCUT2D eigenvalue weighted by molar-refractivity contribution is 14.0. The van der Waals surface area contributed by atoms with E-state index in [1.807, 2.05) is 0 Å². The molecule has 0 aromatic heterocycles. The molecule has 0 aliphatic heterocycles. The number of hydrogen-bond donors (Lipinski definition) is 3. The Morgan fingerprint density at radius 2 is 1.48 bits per heavy atom. The molecule has 0 saturated heterocycles. The van der Waals surface area contributed by atoms with Gasteiger partial charge in [0.15, 0.2) is 5.96 Å². The Hall–Kier alpha value is -0.530. The van der Waals surface area contributed by atoms with Crippen LogP contribution in [0.1, 0.15) is 64.2 Å². The first-order chi connectivity index (χ1) is 9.74. The van der Waals surface area contributed by atoms with Crippen molar-refractivity contribution in [1.29, 1.82) is 0 Å². The van der Waals surface area contributed by atoms with Crippen molar-refractivity contribution >= 4 is 35.8 Å². The molecule has 0 bridgehead atoms. The van der Waals surface area contributed by atoms with Crippen molar-refractivity contribution in [3.63, 3.8) is 0 Å². The number of rotatable bonds is 5. The average molecular weight is 408 g/mol. The Morgan fingerprint density at radius 1 is 0.952 bits per heavy atom. The van der Waals surface area contributed by atoms with Crippen LogP contribution in [0.5, 0.6) is 0 Å². The number of carbonyl (C=O) groups excluding carboxylic acids is 1. The van der Waals surface area contributed by atoms with E-state index < -0.39 is 0 Å². The first kappa shape index (κ1) is 18.5. The molecule has 0 spiro atoms. The van der Waals surface area contributed by atoms with Crippen LogP contribution in [0, 0.1) is 0 Å². The molecule has 6 heteroatoms. The lowest BCUT2D eigenvalue weighted by Crippen LogP contribution is -2.41. The van der Waals surface area contributed by atoms with Crippen molar-refractivity contribution in [2.45, 2.75) is 76.3 Å². The monoisotopic (exact) mass is 408 g/mol. The molecule has 2 rings (SSSR count). The summed E-state index contributed by atoms with van der Waals surface area (Å²) in [5.41, 5.74) is 5.86. The Balaban J connectivity index is 0.00000220. The normalized spacial score (nSPS) is 20.9. The Kier molecular flexibility index (Phi) is 9.03. The van der Waals surface area contributed by atoms with E-state index in [0.717, 1.165) is 12.8 Å². The fourth-order valence-corrected chi connectivity index (χ4v) is 3.15. The second kappa shape index (κ2) is 10.2. The molecule has 0 aromatic rings. The largest absolute Gasteiger partial charge is 0.370 e. The van der Waals surface area contributed by atoms with Gasteiger partial charge in [-0.15, -0.1) is 24.0 Å². The standard InChI is InChI=1S/C15H28N4O.HI/c16-15(19-13-6-2-1-3-7-13)17-11-10-14(20)18-12-8-4-5-9-12;/h12-13H,1-11H2,(H,18,20)(H3,16,17,19);1H. The zero-order chi connectivity index (χ0) is 14.2.